The van der Waals surface area contributed by atoms with Crippen LogP contribution in [0.4, 0.5) is 0 Å². The molecular formula is C8H16N4O2S. The van der Waals surface area contributed by atoms with Gasteiger partial charge in [-0.3, -0.25) is 4.57 Å². The Morgan fingerprint density at radius 2 is 2.47 bits per heavy atom. The van der Waals surface area contributed by atoms with Gasteiger partial charge >= 0.3 is 5.69 Å². The maximum absolute atomic E-state index is 11.2. The summed E-state index contributed by atoms with van der Waals surface area (Å²) in [6.07, 6.45) is 0.563. The second-order valence-electron chi connectivity index (χ2n) is 3.14. The number of hydrogen-bond acceptors (Lipinski definition) is 5. The van der Waals surface area contributed by atoms with Gasteiger partial charge in [-0.15, -0.1) is 5.10 Å². The summed E-state index contributed by atoms with van der Waals surface area (Å²) in [4.78, 5) is 11.2. The molecule has 0 fully saturated rings. The molecule has 86 valence electrons. The smallest absolute Gasteiger partial charge is 0.343 e. The molecule has 1 unspecified atom stereocenters. The van der Waals surface area contributed by atoms with E-state index in [0.29, 0.717) is 23.9 Å². The Kier molecular flexibility index (Phi) is 4.86. The lowest BCUT2D eigenvalue weighted by molar-refractivity contribution is 0.279. The Labute approximate surface area is 91.9 Å². The van der Waals surface area contributed by atoms with Gasteiger partial charge in [0.15, 0.2) is 5.16 Å². The van der Waals surface area contributed by atoms with Crippen LogP contribution in [0.1, 0.15) is 13.3 Å². The van der Waals surface area contributed by atoms with E-state index < -0.39 is 0 Å². The van der Waals surface area contributed by atoms with E-state index in [2.05, 4.69) is 10.2 Å². The maximum atomic E-state index is 11.2. The first kappa shape index (κ1) is 12.3. The van der Waals surface area contributed by atoms with Gasteiger partial charge < -0.3 is 10.8 Å². The fraction of sp³-hybridized carbons (Fsp3) is 0.750. The van der Waals surface area contributed by atoms with Gasteiger partial charge in [-0.25, -0.2) is 9.89 Å². The molecule has 0 aliphatic rings. The minimum atomic E-state index is -0.198. The second-order valence-corrected chi connectivity index (χ2v) is 4.13. The molecule has 0 aliphatic carbocycles. The van der Waals surface area contributed by atoms with E-state index in [1.54, 1.807) is 4.57 Å². The molecule has 1 aromatic rings. The fourth-order valence-electron chi connectivity index (χ4n) is 1.12. The maximum Gasteiger partial charge on any atom is 0.343 e. The number of nitrogens with one attached hydrogen (secondary N) is 1. The van der Waals surface area contributed by atoms with Crippen LogP contribution in [0.3, 0.4) is 0 Å². The van der Waals surface area contributed by atoms with Crippen molar-refractivity contribution >= 4 is 11.8 Å². The highest BCUT2D eigenvalue weighted by Crippen LogP contribution is 2.14. The number of rotatable bonds is 6. The summed E-state index contributed by atoms with van der Waals surface area (Å²) in [5.41, 5.74) is 5.53. The van der Waals surface area contributed by atoms with Crippen LogP contribution < -0.4 is 11.4 Å². The van der Waals surface area contributed by atoms with Gasteiger partial charge in [-0.2, -0.15) is 0 Å². The number of nitrogens with zero attached hydrogens (tertiary/aromatic N) is 2. The summed E-state index contributed by atoms with van der Waals surface area (Å²) in [5, 5.41) is 15.6. The van der Waals surface area contributed by atoms with Crippen LogP contribution in [0, 0.1) is 0 Å². The van der Waals surface area contributed by atoms with Crippen molar-refractivity contribution in [3.63, 3.8) is 0 Å². The number of aromatic nitrogens is 3. The molecule has 4 N–H and O–H groups in total. The van der Waals surface area contributed by atoms with Gasteiger partial charge in [0.05, 0.1) is 0 Å². The summed E-state index contributed by atoms with van der Waals surface area (Å²) in [7, 11) is 0. The Morgan fingerprint density at radius 3 is 3.07 bits per heavy atom. The lowest BCUT2D eigenvalue weighted by Crippen LogP contribution is -2.24. The highest BCUT2D eigenvalue weighted by atomic mass is 32.2. The summed E-state index contributed by atoms with van der Waals surface area (Å²) >= 11 is 1.42. The van der Waals surface area contributed by atoms with Crippen LogP contribution >= 0.6 is 11.8 Å². The molecule has 1 heterocycles. The van der Waals surface area contributed by atoms with E-state index in [-0.39, 0.29) is 18.3 Å². The molecule has 6 nitrogen and oxygen atoms in total. The number of aromatic amines is 1. The lowest BCUT2D eigenvalue weighted by Gasteiger charge is -2.08. The van der Waals surface area contributed by atoms with Crippen molar-refractivity contribution in [2.45, 2.75) is 31.1 Å². The van der Waals surface area contributed by atoms with E-state index in [1.807, 2.05) is 6.92 Å². The predicted octanol–water partition coefficient (Wildman–Crippen LogP) is -0.607. The van der Waals surface area contributed by atoms with Crippen molar-refractivity contribution in [1.29, 1.82) is 0 Å². The Morgan fingerprint density at radius 1 is 1.73 bits per heavy atom. The number of nitrogens with two attached hydrogens (primary N) is 1. The van der Waals surface area contributed by atoms with E-state index in [1.165, 1.54) is 11.8 Å². The lowest BCUT2D eigenvalue weighted by atomic mass is 10.3. The fourth-order valence-corrected chi connectivity index (χ4v) is 2.13. The molecule has 0 aliphatic heterocycles. The first-order valence-corrected chi connectivity index (χ1v) is 5.82. The van der Waals surface area contributed by atoms with Crippen molar-refractivity contribution in [3.05, 3.63) is 10.5 Å². The third kappa shape index (κ3) is 3.37. The summed E-state index contributed by atoms with van der Waals surface area (Å²) < 4.78 is 1.55. The van der Waals surface area contributed by atoms with Gasteiger partial charge in [0.1, 0.15) is 0 Å². The minimum Gasteiger partial charge on any atom is -0.396 e. The number of H-pyrrole nitrogens is 1. The van der Waals surface area contributed by atoms with Crippen LogP contribution in [0.5, 0.6) is 0 Å². The van der Waals surface area contributed by atoms with Crippen molar-refractivity contribution < 1.29 is 5.11 Å². The topological polar surface area (TPSA) is 96.9 Å². The molecule has 7 heteroatoms. The molecule has 15 heavy (non-hydrogen) atoms. The molecular weight excluding hydrogens is 216 g/mol. The van der Waals surface area contributed by atoms with Crippen LogP contribution in [-0.4, -0.2) is 38.3 Å². The number of hydrogen-bond donors (Lipinski definition) is 3. The molecule has 0 bridgehead atoms. The van der Waals surface area contributed by atoms with Crippen molar-refractivity contribution in [1.82, 2.24) is 14.8 Å². The second kappa shape index (κ2) is 5.94. The van der Waals surface area contributed by atoms with Gasteiger partial charge in [0.25, 0.3) is 0 Å². The van der Waals surface area contributed by atoms with E-state index in [9.17, 15) is 4.79 Å². The minimum absolute atomic E-state index is 0.0721. The van der Waals surface area contributed by atoms with E-state index in [0.717, 1.165) is 0 Å². The largest absolute Gasteiger partial charge is 0.396 e. The molecule has 1 rings (SSSR count). The van der Waals surface area contributed by atoms with Crippen molar-refractivity contribution in [2.75, 3.05) is 12.4 Å². The quantitative estimate of drug-likeness (QED) is 0.569. The molecule has 1 atom stereocenters. The zero-order valence-corrected chi connectivity index (χ0v) is 9.46. The van der Waals surface area contributed by atoms with Gasteiger partial charge in [-0.1, -0.05) is 11.8 Å². The van der Waals surface area contributed by atoms with Gasteiger partial charge in [0.2, 0.25) is 0 Å². The summed E-state index contributed by atoms with van der Waals surface area (Å²) in [6.45, 7) is 2.56. The molecule has 0 amide bonds. The molecule has 0 aromatic carbocycles. The zero-order chi connectivity index (χ0) is 11.3. The van der Waals surface area contributed by atoms with Crippen LogP contribution in [-0.2, 0) is 6.54 Å². The van der Waals surface area contributed by atoms with Crippen LogP contribution in [0.25, 0.3) is 0 Å². The normalized spacial score (nSPS) is 13.0. The van der Waals surface area contributed by atoms with Gasteiger partial charge in [-0.05, 0) is 13.3 Å². The predicted molar refractivity (Wildman–Crippen MR) is 58.9 cm³/mol. The first-order chi connectivity index (χ1) is 7.19. The first-order valence-electron chi connectivity index (χ1n) is 4.83. The molecule has 0 spiro atoms. The number of aliphatic hydroxyl groups is 1. The van der Waals surface area contributed by atoms with Crippen LogP contribution in [0.2, 0.25) is 0 Å². The third-order valence-electron chi connectivity index (χ3n) is 1.97. The molecule has 1 aromatic heterocycles. The van der Waals surface area contributed by atoms with E-state index >= 15 is 0 Å². The van der Waals surface area contributed by atoms with Crippen molar-refractivity contribution in [3.8, 4) is 0 Å². The standard InChI is InChI=1S/C8H16N4O2S/c1-2-12-7(14)10-11-8(12)15-5-6(9)3-4-13/h6,13H,2-5,9H2,1H3,(H,10,14). The van der Waals surface area contributed by atoms with Crippen molar-refractivity contribution in [2.24, 2.45) is 5.73 Å². The van der Waals surface area contributed by atoms with E-state index in [4.69, 9.17) is 10.8 Å². The number of aliphatic hydroxyl groups excluding tert-OH is 1. The average molecular weight is 232 g/mol. The Hall–Kier alpha value is -0.790. The SMILES string of the molecule is CCn1c(SCC(N)CCO)n[nH]c1=O. The number of thioether (sulfide) groups is 1. The van der Waals surface area contributed by atoms with Crippen LogP contribution in [0.15, 0.2) is 9.95 Å². The Balaban J connectivity index is 2.53. The highest BCUT2D eigenvalue weighted by molar-refractivity contribution is 7.99. The Bertz CT molecular complexity index is 349. The summed E-state index contributed by atoms with van der Waals surface area (Å²) in [6, 6.07) is -0.0721. The average Bonchev–Trinajstić information content (AvgIpc) is 2.56. The highest BCUT2D eigenvalue weighted by Gasteiger charge is 2.09. The molecule has 0 saturated heterocycles. The molecule has 0 saturated carbocycles. The van der Waals surface area contributed by atoms with Gasteiger partial charge in [0, 0.05) is 24.9 Å². The molecule has 0 radical (unpaired) electrons. The zero-order valence-electron chi connectivity index (χ0n) is 8.64. The third-order valence-corrected chi connectivity index (χ3v) is 3.13. The monoisotopic (exact) mass is 232 g/mol. The summed E-state index contributed by atoms with van der Waals surface area (Å²) in [5.74, 6) is 0.644.